The minimum atomic E-state index is 0.478. The van der Waals surface area contributed by atoms with Crippen LogP contribution in [0.5, 0.6) is 5.75 Å². The maximum absolute atomic E-state index is 6.24. The Bertz CT molecular complexity index is 638. The molecule has 0 heterocycles. The molecule has 0 saturated heterocycles. The first-order valence-corrected chi connectivity index (χ1v) is 14.1. The molecule has 2 aliphatic carbocycles. The lowest BCUT2D eigenvalue weighted by Gasteiger charge is -2.30. The van der Waals surface area contributed by atoms with Crippen LogP contribution in [-0.4, -0.2) is 19.3 Å². The summed E-state index contributed by atoms with van der Waals surface area (Å²) in [6.45, 7) is 10.2. The fraction of sp³-hybridized carbons (Fsp3) is 0.742. The van der Waals surface area contributed by atoms with Crippen LogP contribution in [0, 0.1) is 32.1 Å². The number of benzene rings is 1. The van der Waals surface area contributed by atoms with Crippen molar-refractivity contribution in [1.82, 2.24) is 0 Å². The largest absolute Gasteiger partial charge is 0.493 e. The van der Waals surface area contributed by atoms with Crippen LogP contribution in [0.3, 0.4) is 0 Å². The highest BCUT2D eigenvalue weighted by molar-refractivity contribution is 5.37. The van der Waals surface area contributed by atoms with E-state index in [0.717, 1.165) is 37.2 Å². The number of ether oxygens (including phenoxy) is 2. The van der Waals surface area contributed by atoms with E-state index in [4.69, 9.17) is 9.47 Å². The van der Waals surface area contributed by atoms with Crippen LogP contribution < -0.4 is 4.74 Å². The standard InChI is InChI=1S/C31H50O2/c1-4-6-7-8-9-10-11-22-32-29-18-14-27(15-19-29)24-33-30-20-21-31(25(3)23-30)28-16-12-26(5-2)13-17-28/h4,20-21,23,26-29H,1,5-19,22,24H2,2-3H3. The van der Waals surface area contributed by atoms with Crippen molar-refractivity contribution >= 4 is 0 Å². The van der Waals surface area contributed by atoms with Gasteiger partial charge in [-0.15, -0.1) is 12.8 Å². The van der Waals surface area contributed by atoms with Crippen molar-refractivity contribution in [3.63, 3.8) is 0 Å². The minimum absolute atomic E-state index is 0.478. The maximum Gasteiger partial charge on any atom is 0.119 e. The number of hydrogen-bond donors (Lipinski definition) is 0. The predicted molar refractivity (Wildman–Crippen MR) is 141 cm³/mol. The van der Waals surface area contributed by atoms with Gasteiger partial charge in [-0.05, 0) is 106 Å². The summed E-state index contributed by atoms with van der Waals surface area (Å²) in [4.78, 5) is 0. The van der Waals surface area contributed by atoms with Crippen LogP contribution in [0.25, 0.3) is 0 Å². The zero-order chi connectivity index (χ0) is 23.3. The molecule has 186 valence electrons. The Morgan fingerprint density at radius 1 is 0.879 bits per heavy atom. The lowest BCUT2D eigenvalue weighted by Crippen LogP contribution is -2.25. The smallest absolute Gasteiger partial charge is 0.119 e. The number of hydrogen-bond acceptors (Lipinski definition) is 2. The average Bonchev–Trinajstić information content (AvgIpc) is 2.85. The van der Waals surface area contributed by atoms with Crippen LogP contribution in [0.1, 0.15) is 120 Å². The molecule has 0 bridgehead atoms. The number of rotatable bonds is 14. The van der Waals surface area contributed by atoms with Crippen molar-refractivity contribution in [2.75, 3.05) is 13.2 Å². The van der Waals surface area contributed by atoms with Gasteiger partial charge in [0.25, 0.3) is 0 Å². The van der Waals surface area contributed by atoms with E-state index >= 15 is 0 Å². The van der Waals surface area contributed by atoms with Gasteiger partial charge in [-0.25, -0.2) is 0 Å². The van der Waals surface area contributed by atoms with Crippen molar-refractivity contribution < 1.29 is 9.47 Å². The molecule has 2 nitrogen and oxygen atoms in total. The molecule has 2 heteroatoms. The topological polar surface area (TPSA) is 18.5 Å². The minimum Gasteiger partial charge on any atom is -0.493 e. The molecule has 0 spiro atoms. The number of aryl methyl sites for hydroxylation is 1. The van der Waals surface area contributed by atoms with Gasteiger partial charge >= 0.3 is 0 Å². The average molecular weight is 455 g/mol. The molecule has 2 fully saturated rings. The summed E-state index contributed by atoms with van der Waals surface area (Å²) in [5, 5.41) is 0. The molecular weight excluding hydrogens is 404 g/mol. The molecule has 1 aromatic carbocycles. The normalized spacial score (nSPS) is 25.8. The van der Waals surface area contributed by atoms with Crippen molar-refractivity contribution in [3.8, 4) is 5.75 Å². The Kier molecular flexibility index (Phi) is 12.0. The first kappa shape index (κ1) is 26.5. The molecule has 0 N–H and O–H groups in total. The lowest BCUT2D eigenvalue weighted by molar-refractivity contribution is 0.0110. The van der Waals surface area contributed by atoms with Gasteiger partial charge in [-0.1, -0.05) is 52.0 Å². The van der Waals surface area contributed by atoms with E-state index in [1.807, 2.05) is 6.42 Å². The monoisotopic (exact) mass is 454 g/mol. The summed E-state index contributed by atoms with van der Waals surface area (Å²) >= 11 is 0. The zero-order valence-electron chi connectivity index (χ0n) is 21.7. The molecule has 0 unspecified atom stereocenters. The van der Waals surface area contributed by atoms with Crippen LogP contribution in [0.4, 0.5) is 0 Å². The van der Waals surface area contributed by atoms with E-state index in [2.05, 4.69) is 39.0 Å². The zero-order valence-corrected chi connectivity index (χ0v) is 21.7. The molecular formula is C31H50O2. The molecule has 1 aromatic rings. The third-order valence-corrected chi connectivity index (χ3v) is 8.29. The summed E-state index contributed by atoms with van der Waals surface area (Å²) < 4.78 is 12.4. The first-order chi connectivity index (χ1) is 16.2. The highest BCUT2D eigenvalue weighted by atomic mass is 16.5. The summed E-state index contributed by atoms with van der Waals surface area (Å²) in [6.07, 6.45) is 21.9. The van der Waals surface area contributed by atoms with Crippen LogP contribution >= 0.6 is 0 Å². The second-order valence-electron chi connectivity index (χ2n) is 10.8. The van der Waals surface area contributed by atoms with E-state index in [9.17, 15) is 0 Å². The third kappa shape index (κ3) is 9.19. The Hall–Kier alpha value is -1.15. The molecule has 33 heavy (non-hydrogen) atoms. The molecule has 2 saturated carbocycles. The van der Waals surface area contributed by atoms with Gasteiger partial charge in [0.05, 0.1) is 12.7 Å². The molecule has 0 aromatic heterocycles. The van der Waals surface area contributed by atoms with Gasteiger partial charge in [0.2, 0.25) is 0 Å². The van der Waals surface area contributed by atoms with Crippen molar-refractivity contribution in [2.24, 2.45) is 11.8 Å². The molecule has 0 atom stereocenters. The van der Waals surface area contributed by atoms with E-state index in [-0.39, 0.29) is 0 Å². The highest BCUT2D eigenvalue weighted by Crippen LogP contribution is 2.39. The summed E-state index contributed by atoms with van der Waals surface area (Å²) in [5.41, 5.74) is 2.98. The summed E-state index contributed by atoms with van der Waals surface area (Å²) in [7, 11) is 0. The van der Waals surface area contributed by atoms with Crippen LogP contribution in [0.2, 0.25) is 0 Å². The molecule has 3 rings (SSSR count). The van der Waals surface area contributed by atoms with Gasteiger partial charge in [-0.2, -0.15) is 0 Å². The molecule has 0 aliphatic heterocycles. The van der Waals surface area contributed by atoms with E-state index < -0.39 is 0 Å². The second kappa shape index (κ2) is 15.0. The third-order valence-electron chi connectivity index (χ3n) is 8.29. The van der Waals surface area contributed by atoms with Gasteiger partial charge in [0.1, 0.15) is 5.75 Å². The van der Waals surface area contributed by atoms with Gasteiger partial charge in [0, 0.05) is 6.61 Å². The van der Waals surface area contributed by atoms with Crippen molar-refractivity contribution in [2.45, 2.75) is 122 Å². The van der Waals surface area contributed by atoms with Crippen LogP contribution in [0.15, 0.2) is 18.2 Å². The van der Waals surface area contributed by atoms with Crippen molar-refractivity contribution in [1.29, 1.82) is 0 Å². The van der Waals surface area contributed by atoms with E-state index in [0.29, 0.717) is 12.0 Å². The second-order valence-corrected chi connectivity index (χ2v) is 10.8. The fourth-order valence-electron chi connectivity index (χ4n) is 5.93. The lowest BCUT2D eigenvalue weighted by atomic mass is 9.77. The molecule has 0 amide bonds. The van der Waals surface area contributed by atoms with E-state index in [1.165, 1.54) is 95.5 Å². The fourth-order valence-corrected chi connectivity index (χ4v) is 5.93. The highest BCUT2D eigenvalue weighted by Gasteiger charge is 2.24. The maximum atomic E-state index is 6.24. The number of unbranched alkanes of at least 4 members (excludes halogenated alkanes) is 6. The summed E-state index contributed by atoms with van der Waals surface area (Å²) in [6, 6.07) is 6.86. The van der Waals surface area contributed by atoms with Gasteiger partial charge < -0.3 is 9.47 Å². The Morgan fingerprint density at radius 3 is 2.27 bits per heavy atom. The Morgan fingerprint density at radius 2 is 1.58 bits per heavy atom. The Balaban J connectivity index is 1.28. The first-order valence-electron chi connectivity index (χ1n) is 14.1. The van der Waals surface area contributed by atoms with Crippen LogP contribution in [-0.2, 0) is 4.74 Å². The van der Waals surface area contributed by atoms with Gasteiger partial charge in [0.15, 0.2) is 0 Å². The SMILES string of the molecule is [CH2+][CH-]CCCCCCCOC1CCC(COc2ccc(C3CCC(CC)CC3)c(C)c2)CC1. The Labute approximate surface area is 205 Å². The van der Waals surface area contributed by atoms with Gasteiger partial charge in [-0.3, -0.25) is 0 Å². The quantitative estimate of drug-likeness (QED) is 0.206. The summed E-state index contributed by atoms with van der Waals surface area (Å²) in [5.74, 6) is 3.46. The van der Waals surface area contributed by atoms with E-state index in [1.54, 1.807) is 5.56 Å². The van der Waals surface area contributed by atoms with Crippen molar-refractivity contribution in [3.05, 3.63) is 42.7 Å². The predicted octanol–water partition coefficient (Wildman–Crippen LogP) is 9.01. The molecule has 0 radical (unpaired) electrons. The molecule has 2 aliphatic rings.